The Hall–Kier alpha value is -1.11. The predicted molar refractivity (Wildman–Crippen MR) is 67.3 cm³/mol. The quantitative estimate of drug-likeness (QED) is 0.756. The Kier molecular flexibility index (Phi) is 5.40. The summed E-state index contributed by atoms with van der Waals surface area (Å²) >= 11 is 0. The van der Waals surface area contributed by atoms with Crippen LogP contribution >= 0.6 is 0 Å². The van der Waals surface area contributed by atoms with E-state index in [1.807, 2.05) is 24.3 Å². The molecule has 0 amide bonds. The van der Waals surface area contributed by atoms with E-state index < -0.39 is 10.2 Å². The van der Waals surface area contributed by atoms with Crippen LogP contribution in [0.25, 0.3) is 0 Å². The van der Waals surface area contributed by atoms with Crippen molar-refractivity contribution in [3.63, 3.8) is 0 Å². The maximum absolute atomic E-state index is 11.3. The molecule has 96 valence electrons. The molecule has 0 spiro atoms. The van der Waals surface area contributed by atoms with Crippen molar-refractivity contribution < 1.29 is 13.2 Å². The number of hydrogen-bond donors (Lipinski definition) is 2. The molecule has 0 saturated carbocycles. The van der Waals surface area contributed by atoms with Gasteiger partial charge in [-0.1, -0.05) is 19.1 Å². The maximum Gasteiger partial charge on any atom is 0.276 e. The smallest absolute Gasteiger partial charge is 0.276 e. The third kappa shape index (κ3) is 5.16. The largest absolute Gasteiger partial charge is 0.497 e. The van der Waals surface area contributed by atoms with Crippen LogP contribution in [0.2, 0.25) is 0 Å². The molecule has 0 bridgehead atoms. The lowest BCUT2D eigenvalue weighted by Crippen LogP contribution is -2.37. The minimum atomic E-state index is -3.34. The fourth-order valence-corrected chi connectivity index (χ4v) is 2.22. The SMILES string of the molecule is CCNS(=O)(=O)NCCc1ccc(OC)cc1. The molecule has 1 aromatic carbocycles. The number of rotatable bonds is 7. The summed E-state index contributed by atoms with van der Waals surface area (Å²) in [5.74, 6) is 0.794. The molecule has 0 fully saturated rings. The van der Waals surface area contributed by atoms with Gasteiger partial charge in [0.25, 0.3) is 10.2 Å². The first-order valence-electron chi connectivity index (χ1n) is 5.44. The normalized spacial score (nSPS) is 11.4. The van der Waals surface area contributed by atoms with Crippen LogP contribution < -0.4 is 14.2 Å². The highest BCUT2D eigenvalue weighted by Crippen LogP contribution is 2.11. The Balaban J connectivity index is 2.40. The van der Waals surface area contributed by atoms with E-state index >= 15 is 0 Å². The third-order valence-corrected chi connectivity index (χ3v) is 3.45. The van der Waals surface area contributed by atoms with Crippen LogP contribution in [0.5, 0.6) is 5.75 Å². The molecular weight excluding hydrogens is 240 g/mol. The summed E-state index contributed by atoms with van der Waals surface area (Å²) in [7, 11) is -1.73. The maximum atomic E-state index is 11.3. The van der Waals surface area contributed by atoms with Crippen LogP contribution in [0.1, 0.15) is 12.5 Å². The van der Waals surface area contributed by atoms with Crippen molar-refractivity contribution in [3.05, 3.63) is 29.8 Å². The average Bonchev–Trinajstić information content (AvgIpc) is 2.29. The van der Waals surface area contributed by atoms with Gasteiger partial charge in [-0.3, -0.25) is 0 Å². The second-order valence-electron chi connectivity index (χ2n) is 3.49. The number of hydrogen-bond acceptors (Lipinski definition) is 3. The van der Waals surface area contributed by atoms with Crippen LogP contribution in [0, 0.1) is 0 Å². The van der Waals surface area contributed by atoms with Crippen LogP contribution in [-0.2, 0) is 16.6 Å². The molecule has 0 aromatic heterocycles. The second-order valence-corrected chi connectivity index (χ2v) is 5.08. The first kappa shape index (κ1) is 14.0. The molecule has 1 rings (SSSR count). The number of benzene rings is 1. The van der Waals surface area contributed by atoms with Crippen LogP contribution in [-0.4, -0.2) is 28.6 Å². The molecule has 17 heavy (non-hydrogen) atoms. The van der Waals surface area contributed by atoms with Gasteiger partial charge in [0.15, 0.2) is 0 Å². The molecule has 5 nitrogen and oxygen atoms in total. The molecule has 0 aliphatic carbocycles. The standard InChI is InChI=1S/C11H18N2O3S/c1-3-12-17(14,15)13-9-8-10-4-6-11(16-2)7-5-10/h4-7,12-13H,3,8-9H2,1-2H3. The molecule has 0 aliphatic heterocycles. The van der Waals surface area contributed by atoms with Gasteiger partial charge in [-0.25, -0.2) is 9.44 Å². The van der Waals surface area contributed by atoms with Gasteiger partial charge < -0.3 is 4.74 Å². The van der Waals surface area contributed by atoms with E-state index in [9.17, 15) is 8.42 Å². The van der Waals surface area contributed by atoms with Gasteiger partial charge in [-0.15, -0.1) is 0 Å². The van der Waals surface area contributed by atoms with Gasteiger partial charge >= 0.3 is 0 Å². The summed E-state index contributed by atoms with van der Waals surface area (Å²) in [5, 5.41) is 0. The summed E-state index contributed by atoms with van der Waals surface area (Å²) in [5.41, 5.74) is 1.06. The average molecular weight is 258 g/mol. The monoisotopic (exact) mass is 258 g/mol. The molecule has 2 N–H and O–H groups in total. The van der Waals surface area contributed by atoms with Gasteiger partial charge in [-0.05, 0) is 24.1 Å². The van der Waals surface area contributed by atoms with Crippen molar-refractivity contribution in [2.24, 2.45) is 0 Å². The van der Waals surface area contributed by atoms with E-state index in [0.29, 0.717) is 19.5 Å². The van der Waals surface area contributed by atoms with Crippen LogP contribution in [0.4, 0.5) is 0 Å². The Morgan fingerprint density at radius 3 is 2.35 bits per heavy atom. The van der Waals surface area contributed by atoms with Crippen molar-refractivity contribution in [3.8, 4) is 5.75 Å². The molecule has 0 radical (unpaired) electrons. The van der Waals surface area contributed by atoms with E-state index in [1.54, 1.807) is 14.0 Å². The Bertz CT molecular complexity index is 429. The molecule has 0 unspecified atom stereocenters. The summed E-state index contributed by atoms with van der Waals surface area (Å²) < 4.78 is 32.4. The highest BCUT2D eigenvalue weighted by atomic mass is 32.2. The van der Waals surface area contributed by atoms with Crippen LogP contribution in [0.3, 0.4) is 0 Å². The Morgan fingerprint density at radius 2 is 1.82 bits per heavy atom. The minimum absolute atomic E-state index is 0.377. The molecule has 0 atom stereocenters. The third-order valence-electron chi connectivity index (χ3n) is 2.20. The van der Waals surface area contributed by atoms with Gasteiger partial charge in [-0.2, -0.15) is 8.42 Å². The molecule has 0 saturated heterocycles. The molecule has 0 heterocycles. The first-order chi connectivity index (χ1) is 8.07. The summed E-state index contributed by atoms with van der Waals surface area (Å²) in [6.07, 6.45) is 0.647. The Morgan fingerprint density at radius 1 is 1.18 bits per heavy atom. The fraction of sp³-hybridized carbons (Fsp3) is 0.455. The topological polar surface area (TPSA) is 67.4 Å². The lowest BCUT2D eigenvalue weighted by molar-refractivity contribution is 0.414. The molecule has 6 heteroatoms. The van der Waals surface area contributed by atoms with Gasteiger partial charge in [0, 0.05) is 13.1 Å². The lowest BCUT2D eigenvalue weighted by Gasteiger charge is -2.07. The van der Waals surface area contributed by atoms with E-state index in [-0.39, 0.29) is 0 Å². The number of nitrogens with one attached hydrogen (secondary N) is 2. The molecular formula is C11H18N2O3S. The number of ether oxygens (including phenoxy) is 1. The number of methoxy groups -OCH3 is 1. The van der Waals surface area contributed by atoms with Gasteiger partial charge in [0.2, 0.25) is 0 Å². The fourth-order valence-electron chi connectivity index (χ4n) is 1.36. The van der Waals surface area contributed by atoms with Crippen molar-refractivity contribution >= 4 is 10.2 Å². The Labute approximate surface area is 102 Å². The van der Waals surface area contributed by atoms with E-state index in [1.165, 1.54) is 0 Å². The van der Waals surface area contributed by atoms with Crippen molar-refractivity contribution in [2.75, 3.05) is 20.2 Å². The van der Waals surface area contributed by atoms with Crippen molar-refractivity contribution in [2.45, 2.75) is 13.3 Å². The van der Waals surface area contributed by atoms with Gasteiger partial charge in [0.1, 0.15) is 5.75 Å². The molecule has 1 aromatic rings. The van der Waals surface area contributed by atoms with Crippen LogP contribution in [0.15, 0.2) is 24.3 Å². The van der Waals surface area contributed by atoms with Crippen molar-refractivity contribution in [1.29, 1.82) is 0 Å². The highest BCUT2D eigenvalue weighted by Gasteiger charge is 2.05. The zero-order valence-corrected chi connectivity index (χ0v) is 10.9. The highest BCUT2D eigenvalue weighted by molar-refractivity contribution is 7.87. The summed E-state index contributed by atoms with van der Waals surface area (Å²) in [4.78, 5) is 0. The second kappa shape index (κ2) is 6.58. The summed E-state index contributed by atoms with van der Waals surface area (Å²) in [6.45, 7) is 2.50. The van der Waals surface area contributed by atoms with Crippen molar-refractivity contribution in [1.82, 2.24) is 9.44 Å². The van der Waals surface area contributed by atoms with Gasteiger partial charge in [0.05, 0.1) is 7.11 Å². The minimum Gasteiger partial charge on any atom is -0.497 e. The zero-order valence-electron chi connectivity index (χ0n) is 10.1. The zero-order chi connectivity index (χ0) is 12.7. The molecule has 0 aliphatic rings. The van der Waals surface area contributed by atoms with E-state index in [4.69, 9.17) is 4.74 Å². The predicted octanol–water partition coefficient (Wildman–Crippen LogP) is 0.682. The summed E-state index contributed by atoms with van der Waals surface area (Å²) in [6, 6.07) is 7.54. The lowest BCUT2D eigenvalue weighted by atomic mass is 10.1. The first-order valence-corrected chi connectivity index (χ1v) is 6.93. The van der Waals surface area contributed by atoms with E-state index in [0.717, 1.165) is 11.3 Å². The van der Waals surface area contributed by atoms with E-state index in [2.05, 4.69) is 9.44 Å².